The van der Waals surface area contributed by atoms with Crippen molar-refractivity contribution in [2.24, 2.45) is 5.10 Å². The quantitative estimate of drug-likeness (QED) is 0.327. The number of hydrogen-bond acceptors (Lipinski definition) is 3. The molecular weight excluding hydrogens is 204 g/mol. The van der Waals surface area contributed by atoms with Gasteiger partial charge in [-0.05, 0) is 46.5 Å². The van der Waals surface area contributed by atoms with E-state index in [9.17, 15) is 4.79 Å². The smallest absolute Gasteiger partial charge is 0.428 e. The molecular formula is C12H22N2O2. The Balaban J connectivity index is 3.52. The lowest BCUT2D eigenvalue weighted by molar-refractivity contribution is 0.0529. The maximum Gasteiger partial charge on any atom is 0.428 e. The van der Waals surface area contributed by atoms with E-state index in [2.05, 4.69) is 17.1 Å². The number of ether oxygens (including phenoxy) is 1. The third-order valence-corrected chi connectivity index (χ3v) is 1.64. The molecule has 0 rings (SSSR count). The summed E-state index contributed by atoms with van der Waals surface area (Å²) in [6, 6.07) is 0. The molecule has 4 heteroatoms. The van der Waals surface area contributed by atoms with Crippen molar-refractivity contribution in [3.05, 3.63) is 12.7 Å². The number of unbranched alkanes of at least 4 members (excludes halogenated alkanes) is 3. The van der Waals surface area contributed by atoms with Gasteiger partial charge in [-0.25, -0.2) is 10.2 Å². The molecule has 0 saturated heterocycles. The van der Waals surface area contributed by atoms with Crippen molar-refractivity contribution >= 4 is 12.3 Å². The van der Waals surface area contributed by atoms with E-state index in [4.69, 9.17) is 4.74 Å². The first-order valence-electron chi connectivity index (χ1n) is 5.57. The topological polar surface area (TPSA) is 50.7 Å². The zero-order valence-electron chi connectivity index (χ0n) is 10.5. The molecule has 0 aliphatic carbocycles. The van der Waals surface area contributed by atoms with Crippen LogP contribution in [0.4, 0.5) is 4.79 Å². The maximum atomic E-state index is 11.1. The summed E-state index contributed by atoms with van der Waals surface area (Å²) in [5.41, 5.74) is 1.84. The third kappa shape index (κ3) is 10.8. The average Bonchev–Trinajstić information content (AvgIpc) is 2.13. The third-order valence-electron chi connectivity index (χ3n) is 1.64. The van der Waals surface area contributed by atoms with Gasteiger partial charge >= 0.3 is 6.09 Å². The summed E-state index contributed by atoms with van der Waals surface area (Å²) in [7, 11) is 0. The molecule has 1 N–H and O–H groups in total. The Labute approximate surface area is 97.8 Å². The van der Waals surface area contributed by atoms with Gasteiger partial charge in [0, 0.05) is 6.21 Å². The Morgan fingerprint density at radius 1 is 1.38 bits per heavy atom. The zero-order valence-corrected chi connectivity index (χ0v) is 10.5. The minimum Gasteiger partial charge on any atom is -0.443 e. The second kappa shape index (κ2) is 7.91. The number of carbonyl (C=O) groups excluding carboxylic acids is 1. The Bertz CT molecular complexity index is 242. The monoisotopic (exact) mass is 226 g/mol. The fourth-order valence-corrected chi connectivity index (χ4v) is 0.988. The van der Waals surface area contributed by atoms with Crippen molar-refractivity contribution < 1.29 is 9.53 Å². The number of carbonyl (C=O) groups is 1. The number of hydrogen-bond donors (Lipinski definition) is 1. The van der Waals surface area contributed by atoms with E-state index in [1.165, 1.54) is 0 Å². The van der Waals surface area contributed by atoms with Crippen LogP contribution in [0.5, 0.6) is 0 Å². The minimum absolute atomic E-state index is 0.483. The average molecular weight is 226 g/mol. The summed E-state index contributed by atoms with van der Waals surface area (Å²) in [5, 5.41) is 3.78. The largest absolute Gasteiger partial charge is 0.443 e. The van der Waals surface area contributed by atoms with E-state index in [-0.39, 0.29) is 0 Å². The van der Waals surface area contributed by atoms with Crippen molar-refractivity contribution in [3.8, 4) is 0 Å². The van der Waals surface area contributed by atoms with Crippen molar-refractivity contribution in [2.45, 2.75) is 52.1 Å². The van der Waals surface area contributed by atoms with E-state index in [0.29, 0.717) is 0 Å². The minimum atomic E-state index is -0.519. The SMILES string of the molecule is C=CCCCCC=NNC(=O)OC(C)(C)C. The molecule has 0 aromatic heterocycles. The molecule has 0 aromatic carbocycles. The van der Waals surface area contributed by atoms with Crippen molar-refractivity contribution in [1.82, 2.24) is 5.43 Å². The zero-order chi connectivity index (χ0) is 12.4. The molecule has 0 aliphatic heterocycles. The molecule has 16 heavy (non-hydrogen) atoms. The number of amides is 1. The van der Waals surface area contributed by atoms with Gasteiger partial charge in [-0.1, -0.05) is 6.08 Å². The normalized spacial score (nSPS) is 11.4. The summed E-state index contributed by atoms with van der Waals surface area (Å²) in [5.74, 6) is 0. The molecule has 0 spiro atoms. The van der Waals surface area contributed by atoms with E-state index < -0.39 is 11.7 Å². The molecule has 1 amide bonds. The fraction of sp³-hybridized carbons (Fsp3) is 0.667. The summed E-state index contributed by atoms with van der Waals surface area (Å²) >= 11 is 0. The van der Waals surface area contributed by atoms with Crippen LogP contribution in [0.15, 0.2) is 17.8 Å². The maximum absolute atomic E-state index is 11.1. The summed E-state index contributed by atoms with van der Waals surface area (Å²) in [4.78, 5) is 11.1. The summed E-state index contributed by atoms with van der Waals surface area (Å²) in [6.07, 6.45) is 7.09. The molecule has 4 nitrogen and oxygen atoms in total. The Hall–Kier alpha value is -1.32. The van der Waals surface area contributed by atoms with Gasteiger partial charge in [0.05, 0.1) is 0 Å². The fourth-order valence-electron chi connectivity index (χ4n) is 0.988. The van der Waals surface area contributed by atoms with Crippen LogP contribution in [0.25, 0.3) is 0 Å². The van der Waals surface area contributed by atoms with Crippen LogP contribution in [0.2, 0.25) is 0 Å². The first kappa shape index (κ1) is 14.7. The molecule has 0 aliphatic rings. The second-order valence-corrected chi connectivity index (χ2v) is 4.50. The Morgan fingerprint density at radius 3 is 2.56 bits per heavy atom. The number of rotatable bonds is 6. The molecule has 92 valence electrons. The molecule has 0 unspecified atom stereocenters. The first-order chi connectivity index (χ1) is 7.45. The number of hydrazone groups is 1. The van der Waals surface area contributed by atoms with Gasteiger partial charge in [-0.3, -0.25) is 0 Å². The van der Waals surface area contributed by atoms with Crippen molar-refractivity contribution in [3.63, 3.8) is 0 Å². The first-order valence-corrected chi connectivity index (χ1v) is 5.57. The standard InChI is InChI=1S/C12H22N2O2/c1-5-6-7-8-9-10-13-14-11(15)16-12(2,3)4/h5,10H,1,6-9H2,2-4H3,(H,14,15). The highest BCUT2D eigenvalue weighted by atomic mass is 16.6. The van der Waals surface area contributed by atoms with Crippen LogP contribution in [-0.4, -0.2) is 17.9 Å². The summed E-state index contributed by atoms with van der Waals surface area (Å²) < 4.78 is 5.01. The number of allylic oxidation sites excluding steroid dienone is 1. The molecule has 0 aromatic rings. The highest BCUT2D eigenvalue weighted by Crippen LogP contribution is 2.06. The van der Waals surface area contributed by atoms with Crippen LogP contribution < -0.4 is 5.43 Å². The lowest BCUT2D eigenvalue weighted by Crippen LogP contribution is -2.29. The van der Waals surface area contributed by atoms with Gasteiger partial charge in [0.15, 0.2) is 0 Å². The van der Waals surface area contributed by atoms with Crippen LogP contribution in [0, 0.1) is 0 Å². The van der Waals surface area contributed by atoms with Crippen LogP contribution in [-0.2, 0) is 4.74 Å². The van der Waals surface area contributed by atoms with Crippen molar-refractivity contribution in [2.75, 3.05) is 0 Å². The predicted octanol–water partition coefficient (Wildman–Crippen LogP) is 3.24. The predicted molar refractivity (Wildman–Crippen MR) is 66.5 cm³/mol. The highest BCUT2D eigenvalue weighted by molar-refractivity contribution is 5.69. The van der Waals surface area contributed by atoms with Crippen molar-refractivity contribution in [1.29, 1.82) is 0 Å². The molecule has 0 radical (unpaired) electrons. The Kier molecular flexibility index (Phi) is 7.25. The van der Waals surface area contributed by atoms with Crippen LogP contribution in [0.3, 0.4) is 0 Å². The van der Waals surface area contributed by atoms with E-state index in [1.807, 2.05) is 26.8 Å². The highest BCUT2D eigenvalue weighted by Gasteiger charge is 2.15. The van der Waals surface area contributed by atoms with Crippen LogP contribution >= 0.6 is 0 Å². The molecule has 0 bridgehead atoms. The lowest BCUT2D eigenvalue weighted by atomic mass is 10.2. The molecule has 0 heterocycles. The van der Waals surface area contributed by atoms with E-state index in [0.717, 1.165) is 25.7 Å². The number of nitrogens with one attached hydrogen (secondary N) is 1. The lowest BCUT2D eigenvalue weighted by Gasteiger charge is -2.18. The van der Waals surface area contributed by atoms with Gasteiger partial charge < -0.3 is 4.74 Å². The van der Waals surface area contributed by atoms with E-state index >= 15 is 0 Å². The molecule has 0 fully saturated rings. The second-order valence-electron chi connectivity index (χ2n) is 4.50. The van der Waals surface area contributed by atoms with Gasteiger partial charge in [-0.15, -0.1) is 6.58 Å². The van der Waals surface area contributed by atoms with Crippen LogP contribution in [0.1, 0.15) is 46.5 Å². The van der Waals surface area contributed by atoms with E-state index in [1.54, 1.807) is 6.21 Å². The molecule has 0 atom stereocenters. The summed E-state index contributed by atoms with van der Waals surface area (Å²) in [6.45, 7) is 9.08. The molecule has 0 saturated carbocycles. The van der Waals surface area contributed by atoms with Gasteiger partial charge in [0.25, 0.3) is 0 Å². The van der Waals surface area contributed by atoms with Gasteiger partial charge in [0.1, 0.15) is 5.60 Å². The number of nitrogens with zero attached hydrogens (tertiary/aromatic N) is 1. The Morgan fingerprint density at radius 2 is 2.00 bits per heavy atom. The van der Waals surface area contributed by atoms with Gasteiger partial charge in [-0.2, -0.15) is 5.10 Å². The van der Waals surface area contributed by atoms with Gasteiger partial charge in [0.2, 0.25) is 0 Å².